The molecule has 1 amide bonds. The highest BCUT2D eigenvalue weighted by Gasteiger charge is 2.16. The number of hydrogen-bond acceptors (Lipinski definition) is 2. The molecule has 1 heterocycles. The highest BCUT2D eigenvalue weighted by Crippen LogP contribution is 2.16. The molecule has 1 aliphatic rings. The van der Waals surface area contributed by atoms with Crippen molar-refractivity contribution in [3.8, 4) is 0 Å². The first-order chi connectivity index (χ1) is 6.75. The summed E-state index contributed by atoms with van der Waals surface area (Å²) in [6.45, 7) is 1.39. The summed E-state index contributed by atoms with van der Waals surface area (Å²) in [6.07, 6.45) is -0.0967. The fourth-order valence-electron chi connectivity index (χ4n) is 1.73. The topological polar surface area (TPSA) is 52.6 Å². The Morgan fingerprint density at radius 3 is 2.79 bits per heavy atom. The van der Waals surface area contributed by atoms with Gasteiger partial charge >= 0.3 is 6.09 Å². The van der Waals surface area contributed by atoms with Crippen molar-refractivity contribution in [2.75, 3.05) is 6.54 Å². The zero-order chi connectivity index (χ0) is 9.97. The molecule has 0 aromatic heterocycles. The van der Waals surface area contributed by atoms with Crippen LogP contribution in [0.25, 0.3) is 0 Å². The summed E-state index contributed by atoms with van der Waals surface area (Å²) in [5, 5.41) is 10.3. The van der Waals surface area contributed by atoms with Gasteiger partial charge in [0.2, 0.25) is 0 Å². The Bertz CT molecular complexity index is 352. The van der Waals surface area contributed by atoms with E-state index in [1.54, 1.807) is 5.01 Å². The summed E-state index contributed by atoms with van der Waals surface area (Å²) in [4.78, 5) is 10.4. The van der Waals surface area contributed by atoms with Crippen LogP contribution in [0, 0.1) is 0 Å². The Morgan fingerprint density at radius 1 is 1.36 bits per heavy atom. The van der Waals surface area contributed by atoms with E-state index in [1.165, 1.54) is 11.1 Å². The highest BCUT2D eigenvalue weighted by atomic mass is 16.4. The van der Waals surface area contributed by atoms with Crippen molar-refractivity contribution in [1.29, 1.82) is 0 Å². The molecular formula is C10H12N2O2. The minimum atomic E-state index is -0.996. The lowest BCUT2D eigenvalue weighted by molar-refractivity contribution is 0.130. The van der Waals surface area contributed by atoms with Crippen molar-refractivity contribution in [3.63, 3.8) is 0 Å². The number of fused-ring (bicyclic) bond motifs is 1. The highest BCUT2D eigenvalue weighted by molar-refractivity contribution is 5.63. The first-order valence-corrected chi connectivity index (χ1v) is 4.57. The van der Waals surface area contributed by atoms with E-state index in [0.29, 0.717) is 6.54 Å². The van der Waals surface area contributed by atoms with Crippen LogP contribution in [0.15, 0.2) is 24.3 Å². The second-order valence-electron chi connectivity index (χ2n) is 3.36. The van der Waals surface area contributed by atoms with Gasteiger partial charge in [0.15, 0.2) is 0 Å². The van der Waals surface area contributed by atoms with Crippen LogP contribution in [0.4, 0.5) is 4.79 Å². The van der Waals surface area contributed by atoms with Crippen LogP contribution in [-0.2, 0) is 13.0 Å². The molecule has 4 heteroatoms. The zero-order valence-corrected chi connectivity index (χ0v) is 7.73. The number of nitrogens with one attached hydrogen (secondary N) is 1. The smallest absolute Gasteiger partial charge is 0.419 e. The Morgan fingerprint density at radius 2 is 2.07 bits per heavy atom. The molecule has 0 radical (unpaired) electrons. The van der Waals surface area contributed by atoms with E-state index in [-0.39, 0.29) is 0 Å². The molecule has 0 unspecified atom stereocenters. The minimum Gasteiger partial charge on any atom is -0.464 e. The first kappa shape index (κ1) is 9.02. The van der Waals surface area contributed by atoms with Gasteiger partial charge in [-0.25, -0.2) is 9.80 Å². The maximum absolute atomic E-state index is 10.4. The zero-order valence-electron chi connectivity index (χ0n) is 7.73. The van der Waals surface area contributed by atoms with Crippen LogP contribution in [-0.4, -0.2) is 22.8 Å². The van der Waals surface area contributed by atoms with Crippen LogP contribution < -0.4 is 5.43 Å². The third kappa shape index (κ3) is 1.85. The van der Waals surface area contributed by atoms with E-state index in [1.807, 2.05) is 18.2 Å². The van der Waals surface area contributed by atoms with E-state index >= 15 is 0 Å². The first-order valence-electron chi connectivity index (χ1n) is 4.57. The quantitative estimate of drug-likeness (QED) is 0.703. The van der Waals surface area contributed by atoms with Gasteiger partial charge < -0.3 is 5.11 Å². The molecule has 0 aliphatic carbocycles. The van der Waals surface area contributed by atoms with Crippen LogP contribution in [0.2, 0.25) is 0 Å². The van der Waals surface area contributed by atoms with Gasteiger partial charge in [-0.3, -0.25) is 5.43 Å². The van der Waals surface area contributed by atoms with Gasteiger partial charge in [0.1, 0.15) is 0 Å². The van der Waals surface area contributed by atoms with Gasteiger partial charge in [-0.05, 0) is 17.5 Å². The number of carbonyl (C=O) groups is 1. The molecule has 0 atom stereocenters. The molecule has 0 bridgehead atoms. The van der Waals surface area contributed by atoms with Gasteiger partial charge in [-0.1, -0.05) is 24.3 Å². The number of hydrazine groups is 1. The van der Waals surface area contributed by atoms with Gasteiger partial charge in [-0.15, -0.1) is 0 Å². The molecule has 1 aromatic rings. The number of rotatable bonds is 1. The maximum atomic E-state index is 10.4. The lowest BCUT2D eigenvalue weighted by Crippen LogP contribution is -2.44. The summed E-state index contributed by atoms with van der Waals surface area (Å²) < 4.78 is 0. The summed E-state index contributed by atoms with van der Waals surface area (Å²) in [5.41, 5.74) is 4.89. The molecule has 0 fully saturated rings. The molecule has 1 aliphatic heterocycles. The second-order valence-corrected chi connectivity index (χ2v) is 3.36. The summed E-state index contributed by atoms with van der Waals surface area (Å²) >= 11 is 0. The molecule has 0 spiro atoms. The number of amides is 1. The van der Waals surface area contributed by atoms with Crippen molar-refractivity contribution in [3.05, 3.63) is 35.4 Å². The van der Waals surface area contributed by atoms with Gasteiger partial charge in [0.25, 0.3) is 0 Å². The summed E-state index contributed by atoms with van der Waals surface area (Å²) in [7, 11) is 0. The van der Waals surface area contributed by atoms with Crippen LogP contribution >= 0.6 is 0 Å². The van der Waals surface area contributed by atoms with Gasteiger partial charge in [0.05, 0.1) is 0 Å². The standard InChI is InChI=1S/C10H12N2O2/c13-10(14)11-12-6-5-8-3-1-2-4-9(8)7-12/h1-4,11H,5-7H2,(H,13,14). The molecular weight excluding hydrogens is 180 g/mol. The fraction of sp³-hybridized carbons (Fsp3) is 0.300. The Kier molecular flexibility index (Phi) is 2.37. The number of carboxylic acid groups (broad SMARTS) is 1. The van der Waals surface area contributed by atoms with Crippen molar-refractivity contribution in [2.45, 2.75) is 13.0 Å². The van der Waals surface area contributed by atoms with E-state index in [0.717, 1.165) is 13.0 Å². The number of benzene rings is 1. The van der Waals surface area contributed by atoms with Crippen molar-refractivity contribution in [2.24, 2.45) is 0 Å². The normalized spacial score (nSPS) is 16.0. The van der Waals surface area contributed by atoms with E-state index < -0.39 is 6.09 Å². The van der Waals surface area contributed by atoms with E-state index in [9.17, 15) is 4.79 Å². The average Bonchev–Trinajstić information content (AvgIpc) is 2.17. The average molecular weight is 192 g/mol. The van der Waals surface area contributed by atoms with Gasteiger partial charge in [0, 0.05) is 13.1 Å². The second kappa shape index (κ2) is 3.67. The van der Waals surface area contributed by atoms with E-state index in [2.05, 4.69) is 11.5 Å². The predicted molar refractivity (Wildman–Crippen MR) is 51.7 cm³/mol. The van der Waals surface area contributed by atoms with Crippen molar-refractivity contribution >= 4 is 6.09 Å². The SMILES string of the molecule is O=C(O)NN1CCc2ccccc2C1. The maximum Gasteiger partial charge on any atom is 0.419 e. The predicted octanol–water partition coefficient (Wildman–Crippen LogP) is 1.23. The molecule has 1 aromatic carbocycles. The largest absolute Gasteiger partial charge is 0.464 e. The minimum absolute atomic E-state index is 0.655. The Hall–Kier alpha value is -1.55. The Labute approximate surface area is 82.1 Å². The van der Waals surface area contributed by atoms with Crippen LogP contribution in [0.1, 0.15) is 11.1 Å². The van der Waals surface area contributed by atoms with Gasteiger partial charge in [-0.2, -0.15) is 0 Å². The van der Waals surface area contributed by atoms with E-state index in [4.69, 9.17) is 5.11 Å². The van der Waals surface area contributed by atoms with Crippen molar-refractivity contribution in [1.82, 2.24) is 10.4 Å². The molecule has 0 saturated heterocycles. The molecule has 2 rings (SSSR count). The summed E-state index contributed by atoms with van der Waals surface area (Å²) in [5.74, 6) is 0. The van der Waals surface area contributed by atoms with Crippen LogP contribution in [0.3, 0.4) is 0 Å². The molecule has 14 heavy (non-hydrogen) atoms. The third-order valence-corrected chi connectivity index (χ3v) is 2.38. The lowest BCUT2D eigenvalue weighted by Gasteiger charge is -2.27. The molecule has 2 N–H and O–H groups in total. The fourth-order valence-corrected chi connectivity index (χ4v) is 1.73. The third-order valence-electron chi connectivity index (χ3n) is 2.38. The molecule has 0 saturated carbocycles. The Balaban J connectivity index is 2.09. The molecule has 74 valence electrons. The molecule has 4 nitrogen and oxygen atoms in total. The number of nitrogens with zero attached hydrogens (tertiary/aromatic N) is 1. The number of hydrogen-bond donors (Lipinski definition) is 2. The monoisotopic (exact) mass is 192 g/mol. The lowest BCUT2D eigenvalue weighted by atomic mass is 10.0. The van der Waals surface area contributed by atoms with Crippen LogP contribution in [0.5, 0.6) is 0 Å². The summed E-state index contributed by atoms with van der Waals surface area (Å²) in [6, 6.07) is 8.11. The van der Waals surface area contributed by atoms with Crippen molar-refractivity contribution < 1.29 is 9.90 Å².